The quantitative estimate of drug-likeness (QED) is 0.797. The average Bonchev–Trinajstić information content (AvgIpc) is 2.45. The molecule has 1 aromatic carbocycles. The molecule has 0 fully saturated rings. The fraction of sp³-hybridized carbons (Fsp3) is 0.294. The second kappa shape index (κ2) is 5.87. The molecule has 0 spiro atoms. The Bertz CT molecular complexity index is 585. The molecule has 0 N–H and O–H groups in total. The first-order chi connectivity index (χ1) is 9.48. The van der Waals surface area contributed by atoms with Crippen LogP contribution in [0.25, 0.3) is 0 Å². The summed E-state index contributed by atoms with van der Waals surface area (Å²) in [6.45, 7) is 6.37. The van der Waals surface area contributed by atoms with Crippen molar-refractivity contribution in [1.29, 1.82) is 0 Å². The molecular weight excluding hydrogens is 250 g/mol. The molecule has 3 nitrogen and oxygen atoms in total. The summed E-state index contributed by atoms with van der Waals surface area (Å²) in [7, 11) is 0. The molecule has 0 aliphatic rings. The van der Waals surface area contributed by atoms with Crippen LogP contribution >= 0.6 is 0 Å². The van der Waals surface area contributed by atoms with Crippen LogP contribution in [0.5, 0.6) is 0 Å². The van der Waals surface area contributed by atoms with Crippen LogP contribution in [0.4, 0.5) is 0 Å². The van der Waals surface area contributed by atoms with Crippen molar-refractivity contribution in [2.24, 2.45) is 0 Å². The number of benzene rings is 1. The third kappa shape index (κ3) is 3.44. The minimum atomic E-state index is -0.327. The molecule has 0 radical (unpaired) electrons. The van der Waals surface area contributed by atoms with Crippen molar-refractivity contribution < 1.29 is 9.53 Å². The Hall–Kier alpha value is -2.16. The van der Waals surface area contributed by atoms with Gasteiger partial charge in [0.15, 0.2) is 0 Å². The Morgan fingerprint density at radius 2 is 1.80 bits per heavy atom. The lowest BCUT2D eigenvalue weighted by Crippen LogP contribution is -2.20. The van der Waals surface area contributed by atoms with Crippen LogP contribution in [0.15, 0.2) is 48.7 Å². The highest BCUT2D eigenvalue weighted by atomic mass is 16.5. The summed E-state index contributed by atoms with van der Waals surface area (Å²) in [5.74, 6) is -0.327. The summed E-state index contributed by atoms with van der Waals surface area (Å²) < 4.78 is 5.37. The number of hydrogen-bond donors (Lipinski definition) is 0. The fourth-order valence-electron chi connectivity index (χ4n) is 1.97. The number of aromatic nitrogens is 1. The molecule has 1 aromatic heterocycles. The van der Waals surface area contributed by atoms with Gasteiger partial charge >= 0.3 is 5.97 Å². The van der Waals surface area contributed by atoms with E-state index in [1.54, 1.807) is 18.3 Å². The predicted molar refractivity (Wildman–Crippen MR) is 78.5 cm³/mol. The number of carbonyl (C=O) groups is 1. The first-order valence-electron chi connectivity index (χ1n) is 6.65. The van der Waals surface area contributed by atoms with Crippen LogP contribution in [0.2, 0.25) is 0 Å². The Kier molecular flexibility index (Phi) is 4.18. The topological polar surface area (TPSA) is 39.2 Å². The van der Waals surface area contributed by atoms with Crippen molar-refractivity contribution in [3.63, 3.8) is 0 Å². The summed E-state index contributed by atoms with van der Waals surface area (Å²) in [5, 5.41) is 0. The number of hydrogen-bond acceptors (Lipinski definition) is 3. The largest absolute Gasteiger partial charge is 0.457 e. The standard InChI is InChI=1S/C17H19NO2/c1-17(2,3)15-14(10-7-11-18-15)16(19)20-12-13-8-5-4-6-9-13/h4-11H,12H2,1-3H3. The molecule has 104 valence electrons. The number of pyridine rings is 1. The zero-order valence-electron chi connectivity index (χ0n) is 12.1. The summed E-state index contributed by atoms with van der Waals surface area (Å²) in [5.41, 5.74) is 2.08. The van der Waals surface area contributed by atoms with Crippen molar-refractivity contribution in [3.05, 3.63) is 65.5 Å². The van der Waals surface area contributed by atoms with Crippen LogP contribution in [0.3, 0.4) is 0 Å². The van der Waals surface area contributed by atoms with Gasteiger partial charge in [-0.1, -0.05) is 51.1 Å². The van der Waals surface area contributed by atoms with Gasteiger partial charge < -0.3 is 4.74 Å². The van der Waals surface area contributed by atoms with E-state index in [-0.39, 0.29) is 18.0 Å². The molecule has 0 saturated carbocycles. The molecule has 20 heavy (non-hydrogen) atoms. The summed E-state index contributed by atoms with van der Waals surface area (Å²) in [6.07, 6.45) is 1.70. The molecule has 2 aromatic rings. The van der Waals surface area contributed by atoms with E-state index < -0.39 is 0 Å². The van der Waals surface area contributed by atoms with Crippen molar-refractivity contribution in [2.75, 3.05) is 0 Å². The lowest BCUT2D eigenvalue weighted by Gasteiger charge is -2.20. The number of rotatable bonds is 3. The van der Waals surface area contributed by atoms with Gasteiger partial charge in [-0.25, -0.2) is 4.79 Å². The fourth-order valence-corrected chi connectivity index (χ4v) is 1.97. The molecule has 1 heterocycles. The first kappa shape index (κ1) is 14.3. The number of carbonyl (C=O) groups excluding carboxylic acids is 1. The second-order valence-electron chi connectivity index (χ2n) is 5.71. The third-order valence-electron chi connectivity index (χ3n) is 2.95. The second-order valence-corrected chi connectivity index (χ2v) is 5.71. The van der Waals surface area contributed by atoms with Crippen LogP contribution in [0.1, 0.15) is 42.4 Å². The minimum Gasteiger partial charge on any atom is -0.457 e. The summed E-state index contributed by atoms with van der Waals surface area (Å²) in [6, 6.07) is 13.2. The summed E-state index contributed by atoms with van der Waals surface area (Å²) in [4.78, 5) is 16.5. The van der Waals surface area contributed by atoms with Gasteiger partial charge in [0.25, 0.3) is 0 Å². The van der Waals surface area contributed by atoms with Crippen LogP contribution < -0.4 is 0 Å². The smallest absolute Gasteiger partial charge is 0.340 e. The number of esters is 1. The SMILES string of the molecule is CC(C)(C)c1ncccc1C(=O)OCc1ccccc1. The van der Waals surface area contributed by atoms with E-state index in [2.05, 4.69) is 4.98 Å². The average molecular weight is 269 g/mol. The maximum absolute atomic E-state index is 12.2. The lowest BCUT2D eigenvalue weighted by molar-refractivity contribution is 0.0469. The lowest BCUT2D eigenvalue weighted by atomic mass is 9.88. The molecule has 0 unspecified atom stereocenters. The molecule has 0 amide bonds. The zero-order chi connectivity index (χ0) is 14.6. The van der Waals surface area contributed by atoms with Crippen LogP contribution in [0, 0.1) is 0 Å². The third-order valence-corrected chi connectivity index (χ3v) is 2.95. The molecule has 0 saturated heterocycles. The molecule has 0 aliphatic heterocycles. The minimum absolute atomic E-state index is 0.192. The highest BCUT2D eigenvalue weighted by molar-refractivity contribution is 5.90. The first-order valence-corrected chi connectivity index (χ1v) is 6.65. The normalized spacial score (nSPS) is 11.2. The van der Waals surface area contributed by atoms with Crippen LogP contribution in [-0.2, 0) is 16.8 Å². The summed E-state index contributed by atoms with van der Waals surface area (Å²) >= 11 is 0. The van der Waals surface area contributed by atoms with Gasteiger partial charge in [0.2, 0.25) is 0 Å². The van der Waals surface area contributed by atoms with Gasteiger partial charge in [-0.05, 0) is 17.7 Å². The Labute approximate surface area is 119 Å². The Balaban J connectivity index is 2.14. The van der Waals surface area contributed by atoms with E-state index >= 15 is 0 Å². The molecular formula is C17H19NO2. The monoisotopic (exact) mass is 269 g/mol. The van der Waals surface area contributed by atoms with Crippen molar-refractivity contribution in [1.82, 2.24) is 4.98 Å². The van der Waals surface area contributed by atoms with E-state index in [0.717, 1.165) is 11.3 Å². The maximum Gasteiger partial charge on any atom is 0.340 e. The number of nitrogens with zero attached hydrogens (tertiary/aromatic N) is 1. The zero-order valence-corrected chi connectivity index (χ0v) is 12.1. The maximum atomic E-state index is 12.2. The van der Waals surface area contributed by atoms with E-state index in [9.17, 15) is 4.79 Å². The van der Waals surface area contributed by atoms with E-state index in [4.69, 9.17) is 4.74 Å². The predicted octanol–water partition coefficient (Wildman–Crippen LogP) is 3.74. The van der Waals surface area contributed by atoms with Crippen LogP contribution in [-0.4, -0.2) is 11.0 Å². The van der Waals surface area contributed by atoms with Crippen molar-refractivity contribution >= 4 is 5.97 Å². The molecule has 0 bridgehead atoms. The highest BCUT2D eigenvalue weighted by Crippen LogP contribution is 2.24. The highest BCUT2D eigenvalue weighted by Gasteiger charge is 2.23. The van der Waals surface area contributed by atoms with Gasteiger partial charge in [-0.2, -0.15) is 0 Å². The van der Waals surface area contributed by atoms with E-state index in [0.29, 0.717) is 5.56 Å². The van der Waals surface area contributed by atoms with Gasteiger partial charge in [0.1, 0.15) is 6.61 Å². The molecule has 3 heteroatoms. The Morgan fingerprint density at radius 1 is 1.10 bits per heavy atom. The van der Waals surface area contributed by atoms with E-state index in [1.807, 2.05) is 51.1 Å². The van der Waals surface area contributed by atoms with Crippen molar-refractivity contribution in [2.45, 2.75) is 32.8 Å². The van der Waals surface area contributed by atoms with Gasteiger partial charge in [0.05, 0.1) is 11.3 Å². The van der Waals surface area contributed by atoms with Crippen molar-refractivity contribution in [3.8, 4) is 0 Å². The van der Waals surface area contributed by atoms with Gasteiger partial charge in [-0.3, -0.25) is 4.98 Å². The van der Waals surface area contributed by atoms with E-state index in [1.165, 1.54) is 0 Å². The molecule has 2 rings (SSSR count). The Morgan fingerprint density at radius 3 is 2.45 bits per heavy atom. The van der Waals surface area contributed by atoms with Gasteiger partial charge in [0, 0.05) is 11.6 Å². The molecule has 0 atom stereocenters. The van der Waals surface area contributed by atoms with Gasteiger partial charge in [-0.15, -0.1) is 0 Å². The molecule has 0 aliphatic carbocycles. The number of ether oxygens (including phenoxy) is 1.